The van der Waals surface area contributed by atoms with E-state index < -0.39 is 0 Å². The fourth-order valence-electron chi connectivity index (χ4n) is 2.66. The number of hydrogen-bond acceptors (Lipinski definition) is 2. The number of amides is 2. The van der Waals surface area contributed by atoms with E-state index in [1.54, 1.807) is 0 Å². The van der Waals surface area contributed by atoms with Crippen LogP contribution in [0.25, 0.3) is 0 Å². The first-order valence-electron chi connectivity index (χ1n) is 5.42. The van der Waals surface area contributed by atoms with Crippen LogP contribution in [0.3, 0.4) is 0 Å². The number of carbonyl (C=O) groups is 1. The van der Waals surface area contributed by atoms with E-state index in [4.69, 9.17) is 0 Å². The van der Waals surface area contributed by atoms with E-state index in [1.165, 1.54) is 0 Å². The van der Waals surface area contributed by atoms with Crippen LogP contribution >= 0.6 is 0 Å². The van der Waals surface area contributed by atoms with Gasteiger partial charge in [-0.3, -0.25) is 0 Å². The van der Waals surface area contributed by atoms with Gasteiger partial charge in [-0.2, -0.15) is 0 Å². The Morgan fingerprint density at radius 2 is 1.86 bits per heavy atom. The van der Waals surface area contributed by atoms with Gasteiger partial charge in [0, 0.05) is 32.7 Å². The fraction of sp³-hybridized carbons (Fsp3) is 0.900. The average Bonchev–Trinajstić information content (AvgIpc) is 2.61. The molecule has 0 spiro atoms. The van der Waals surface area contributed by atoms with E-state index in [0.29, 0.717) is 11.8 Å². The molecule has 0 aromatic carbocycles. The summed E-state index contributed by atoms with van der Waals surface area (Å²) in [7, 11) is 2.16. The lowest BCUT2D eigenvalue weighted by atomic mass is 10.0. The standard InChI is InChI=1S/C10H19N3O/c1-3-11-10(14)13-6-8-4-12(2)5-9(8)7-13/h8-9H,3-7H2,1-2H3,(H,11,14)/t8-,9+. The molecule has 2 aliphatic rings. The zero-order valence-corrected chi connectivity index (χ0v) is 8.99. The van der Waals surface area contributed by atoms with Crippen LogP contribution in [-0.2, 0) is 0 Å². The molecule has 4 nitrogen and oxygen atoms in total. The number of urea groups is 1. The van der Waals surface area contributed by atoms with E-state index in [-0.39, 0.29) is 6.03 Å². The normalized spacial score (nSPS) is 32.0. The molecule has 4 heteroatoms. The molecule has 14 heavy (non-hydrogen) atoms. The number of rotatable bonds is 1. The number of carbonyl (C=O) groups excluding carboxylic acids is 1. The number of fused-ring (bicyclic) bond motifs is 1. The van der Waals surface area contributed by atoms with Gasteiger partial charge in [0.1, 0.15) is 0 Å². The lowest BCUT2D eigenvalue weighted by molar-refractivity contribution is 0.202. The quantitative estimate of drug-likeness (QED) is 0.652. The maximum Gasteiger partial charge on any atom is 0.317 e. The van der Waals surface area contributed by atoms with E-state index >= 15 is 0 Å². The maximum absolute atomic E-state index is 11.6. The van der Waals surface area contributed by atoms with Crippen molar-refractivity contribution in [1.82, 2.24) is 15.1 Å². The Morgan fingerprint density at radius 3 is 2.36 bits per heavy atom. The first-order chi connectivity index (χ1) is 6.70. The summed E-state index contributed by atoms with van der Waals surface area (Å²) in [5.41, 5.74) is 0. The van der Waals surface area contributed by atoms with Crippen molar-refractivity contribution in [2.45, 2.75) is 6.92 Å². The van der Waals surface area contributed by atoms with Crippen molar-refractivity contribution in [3.8, 4) is 0 Å². The monoisotopic (exact) mass is 197 g/mol. The van der Waals surface area contributed by atoms with Gasteiger partial charge in [-0.15, -0.1) is 0 Å². The molecule has 0 unspecified atom stereocenters. The van der Waals surface area contributed by atoms with Crippen molar-refractivity contribution >= 4 is 6.03 Å². The summed E-state index contributed by atoms with van der Waals surface area (Å²) < 4.78 is 0. The number of likely N-dealkylation sites (tertiary alicyclic amines) is 2. The summed E-state index contributed by atoms with van der Waals surface area (Å²) in [6.45, 7) is 6.88. The molecule has 1 N–H and O–H groups in total. The number of nitrogens with one attached hydrogen (secondary N) is 1. The van der Waals surface area contributed by atoms with Gasteiger partial charge in [-0.1, -0.05) is 0 Å². The Morgan fingerprint density at radius 1 is 1.29 bits per heavy atom. The third-order valence-corrected chi connectivity index (χ3v) is 3.28. The Labute approximate surface area is 85.2 Å². The van der Waals surface area contributed by atoms with Gasteiger partial charge in [0.05, 0.1) is 0 Å². The maximum atomic E-state index is 11.6. The molecule has 2 atom stereocenters. The van der Waals surface area contributed by atoms with Crippen LogP contribution in [0.15, 0.2) is 0 Å². The first kappa shape index (κ1) is 9.77. The molecule has 2 fully saturated rings. The highest BCUT2D eigenvalue weighted by molar-refractivity contribution is 5.74. The predicted octanol–water partition coefficient (Wildman–Crippen LogP) is 0.209. The molecule has 2 heterocycles. The molecule has 0 bridgehead atoms. The highest BCUT2D eigenvalue weighted by atomic mass is 16.2. The van der Waals surface area contributed by atoms with E-state index in [1.807, 2.05) is 11.8 Å². The molecule has 0 aromatic rings. The zero-order chi connectivity index (χ0) is 10.1. The minimum atomic E-state index is 0.115. The summed E-state index contributed by atoms with van der Waals surface area (Å²) in [4.78, 5) is 15.9. The number of nitrogens with zero attached hydrogens (tertiary/aromatic N) is 2. The summed E-state index contributed by atoms with van der Waals surface area (Å²) in [5.74, 6) is 1.42. The third kappa shape index (κ3) is 1.71. The molecule has 0 aromatic heterocycles. The second kappa shape index (κ2) is 3.77. The van der Waals surface area contributed by atoms with Crippen molar-refractivity contribution in [2.75, 3.05) is 39.8 Å². The molecule has 80 valence electrons. The molecule has 0 radical (unpaired) electrons. The van der Waals surface area contributed by atoms with Crippen LogP contribution in [0.1, 0.15) is 6.92 Å². The first-order valence-corrected chi connectivity index (χ1v) is 5.42. The molecule has 0 saturated carbocycles. The van der Waals surface area contributed by atoms with Gasteiger partial charge in [0.2, 0.25) is 0 Å². The predicted molar refractivity (Wildman–Crippen MR) is 55.1 cm³/mol. The Kier molecular flexibility index (Phi) is 2.63. The molecule has 2 amide bonds. The summed E-state index contributed by atoms with van der Waals surface area (Å²) >= 11 is 0. The lowest BCUT2D eigenvalue weighted by Crippen LogP contribution is -2.39. The van der Waals surface area contributed by atoms with Gasteiger partial charge in [-0.05, 0) is 25.8 Å². The topological polar surface area (TPSA) is 35.6 Å². The van der Waals surface area contributed by atoms with Crippen molar-refractivity contribution in [3.63, 3.8) is 0 Å². The largest absolute Gasteiger partial charge is 0.338 e. The third-order valence-electron chi connectivity index (χ3n) is 3.28. The smallest absolute Gasteiger partial charge is 0.317 e. The summed E-state index contributed by atoms with van der Waals surface area (Å²) in [6.07, 6.45) is 0. The molecule has 2 saturated heterocycles. The van der Waals surface area contributed by atoms with Crippen molar-refractivity contribution in [2.24, 2.45) is 11.8 Å². The fourth-order valence-corrected chi connectivity index (χ4v) is 2.66. The van der Waals surface area contributed by atoms with Crippen LogP contribution in [0.4, 0.5) is 4.79 Å². The Balaban J connectivity index is 1.88. The lowest BCUT2D eigenvalue weighted by Gasteiger charge is -2.19. The molecule has 0 aliphatic carbocycles. The van der Waals surface area contributed by atoms with E-state index in [0.717, 1.165) is 32.7 Å². The van der Waals surface area contributed by atoms with Gasteiger partial charge in [0.25, 0.3) is 0 Å². The van der Waals surface area contributed by atoms with Crippen molar-refractivity contribution in [3.05, 3.63) is 0 Å². The summed E-state index contributed by atoms with van der Waals surface area (Å²) in [5, 5.41) is 2.86. The highest BCUT2D eigenvalue weighted by Gasteiger charge is 2.40. The molecular formula is C10H19N3O. The minimum absolute atomic E-state index is 0.115. The van der Waals surface area contributed by atoms with Crippen LogP contribution < -0.4 is 5.32 Å². The summed E-state index contributed by atoms with van der Waals surface area (Å²) in [6, 6.07) is 0.115. The van der Waals surface area contributed by atoms with Crippen molar-refractivity contribution < 1.29 is 4.79 Å². The van der Waals surface area contributed by atoms with Gasteiger partial charge in [-0.25, -0.2) is 4.79 Å². The SMILES string of the molecule is CCNC(=O)N1C[C@H]2CN(C)C[C@H]2C1. The molecular weight excluding hydrogens is 178 g/mol. The highest BCUT2D eigenvalue weighted by Crippen LogP contribution is 2.29. The second-order valence-electron chi connectivity index (χ2n) is 4.48. The molecule has 2 rings (SSSR count). The van der Waals surface area contributed by atoms with E-state index in [2.05, 4.69) is 17.3 Å². The zero-order valence-electron chi connectivity index (χ0n) is 8.99. The van der Waals surface area contributed by atoms with Crippen molar-refractivity contribution in [1.29, 1.82) is 0 Å². The van der Waals surface area contributed by atoms with Crippen LogP contribution in [0.5, 0.6) is 0 Å². The Hall–Kier alpha value is -0.770. The van der Waals surface area contributed by atoms with Gasteiger partial charge in [0.15, 0.2) is 0 Å². The number of hydrogen-bond donors (Lipinski definition) is 1. The van der Waals surface area contributed by atoms with Gasteiger partial charge >= 0.3 is 6.03 Å². The second-order valence-corrected chi connectivity index (χ2v) is 4.48. The van der Waals surface area contributed by atoms with Crippen LogP contribution in [0.2, 0.25) is 0 Å². The Bertz CT molecular complexity index is 217. The van der Waals surface area contributed by atoms with E-state index in [9.17, 15) is 4.79 Å². The molecule has 2 aliphatic heterocycles. The van der Waals surface area contributed by atoms with Crippen LogP contribution in [-0.4, -0.2) is 55.6 Å². The average molecular weight is 197 g/mol. The minimum Gasteiger partial charge on any atom is -0.338 e. The van der Waals surface area contributed by atoms with Crippen LogP contribution in [0, 0.1) is 11.8 Å². The van der Waals surface area contributed by atoms with Gasteiger partial charge < -0.3 is 15.1 Å².